The van der Waals surface area contributed by atoms with E-state index in [2.05, 4.69) is 15.5 Å². The molecule has 0 unspecified atom stereocenters. The number of nitrogens with zero attached hydrogens (tertiary/aromatic N) is 2. The highest BCUT2D eigenvalue weighted by molar-refractivity contribution is 7.13. The molecular weight excluding hydrogens is 290 g/mol. The Morgan fingerprint density at radius 3 is 3.00 bits per heavy atom. The summed E-state index contributed by atoms with van der Waals surface area (Å²) in [5, 5.41) is 10.8. The Labute approximate surface area is 117 Å². The van der Waals surface area contributed by atoms with Gasteiger partial charge in [0.25, 0.3) is 5.91 Å². The van der Waals surface area contributed by atoms with E-state index in [4.69, 9.17) is 21.1 Å². The van der Waals surface area contributed by atoms with E-state index in [-0.39, 0.29) is 5.91 Å². The zero-order chi connectivity index (χ0) is 13.2. The number of benzene rings is 1. The molecule has 2 heterocycles. The van der Waals surface area contributed by atoms with Crippen LogP contribution in [-0.4, -0.2) is 29.3 Å². The van der Waals surface area contributed by atoms with Gasteiger partial charge in [-0.15, -0.1) is 10.2 Å². The van der Waals surface area contributed by atoms with Crippen LogP contribution in [0.2, 0.25) is 5.02 Å². The van der Waals surface area contributed by atoms with Gasteiger partial charge in [-0.2, -0.15) is 0 Å². The number of amides is 1. The van der Waals surface area contributed by atoms with E-state index in [1.165, 1.54) is 22.9 Å². The molecule has 6 nitrogen and oxygen atoms in total. The molecule has 1 amide bonds. The van der Waals surface area contributed by atoms with Gasteiger partial charge in [0.1, 0.15) is 18.7 Å². The predicted octanol–water partition coefficient (Wildman–Crippen LogP) is 2.21. The summed E-state index contributed by atoms with van der Waals surface area (Å²) in [6.07, 6.45) is 0. The summed E-state index contributed by atoms with van der Waals surface area (Å²) in [6.45, 7) is 0.883. The Morgan fingerprint density at radius 1 is 1.37 bits per heavy atom. The van der Waals surface area contributed by atoms with Crippen molar-refractivity contribution in [3.8, 4) is 11.5 Å². The highest BCUT2D eigenvalue weighted by Crippen LogP contribution is 2.38. The number of ether oxygens (including phenoxy) is 2. The van der Waals surface area contributed by atoms with Crippen molar-refractivity contribution in [2.75, 3.05) is 18.5 Å². The minimum atomic E-state index is -0.323. The van der Waals surface area contributed by atoms with Gasteiger partial charge in [-0.25, -0.2) is 0 Å². The van der Waals surface area contributed by atoms with Gasteiger partial charge in [0, 0.05) is 5.56 Å². The maximum Gasteiger partial charge on any atom is 0.257 e. The third-order valence-corrected chi connectivity index (χ3v) is 3.33. The molecule has 1 aliphatic heterocycles. The topological polar surface area (TPSA) is 73.3 Å². The fraction of sp³-hybridized carbons (Fsp3) is 0.182. The first-order valence-electron chi connectivity index (χ1n) is 5.41. The maximum absolute atomic E-state index is 12.0. The molecule has 98 valence electrons. The number of hydrogen-bond donors (Lipinski definition) is 1. The van der Waals surface area contributed by atoms with E-state index in [0.29, 0.717) is 40.4 Å². The van der Waals surface area contributed by atoms with Gasteiger partial charge in [-0.1, -0.05) is 22.9 Å². The average molecular weight is 298 g/mol. The van der Waals surface area contributed by atoms with Gasteiger partial charge in [0.05, 0.1) is 5.02 Å². The van der Waals surface area contributed by atoms with Crippen molar-refractivity contribution < 1.29 is 14.3 Å². The number of carbonyl (C=O) groups is 1. The Kier molecular flexibility index (Phi) is 3.22. The van der Waals surface area contributed by atoms with Gasteiger partial charge in [-0.3, -0.25) is 10.1 Å². The second kappa shape index (κ2) is 5.02. The molecule has 0 atom stereocenters. The quantitative estimate of drug-likeness (QED) is 0.920. The molecule has 0 radical (unpaired) electrons. The van der Waals surface area contributed by atoms with Gasteiger partial charge in [0.2, 0.25) is 5.13 Å². The fourth-order valence-electron chi connectivity index (χ4n) is 1.64. The lowest BCUT2D eigenvalue weighted by atomic mass is 10.2. The van der Waals surface area contributed by atoms with E-state index in [0.717, 1.165) is 0 Å². The first kappa shape index (κ1) is 12.2. The van der Waals surface area contributed by atoms with Gasteiger partial charge >= 0.3 is 0 Å². The Morgan fingerprint density at radius 2 is 2.21 bits per heavy atom. The smallest absolute Gasteiger partial charge is 0.257 e. The lowest BCUT2D eigenvalue weighted by molar-refractivity contribution is 0.102. The summed E-state index contributed by atoms with van der Waals surface area (Å²) >= 11 is 7.30. The van der Waals surface area contributed by atoms with Crippen molar-refractivity contribution in [3.05, 3.63) is 28.2 Å². The zero-order valence-electron chi connectivity index (χ0n) is 9.55. The summed E-state index contributed by atoms with van der Waals surface area (Å²) in [7, 11) is 0. The summed E-state index contributed by atoms with van der Waals surface area (Å²) in [6, 6.07) is 3.13. The zero-order valence-corrected chi connectivity index (χ0v) is 11.1. The molecule has 2 aromatic rings. The summed E-state index contributed by atoms with van der Waals surface area (Å²) < 4.78 is 10.8. The van der Waals surface area contributed by atoms with Crippen LogP contribution in [0.15, 0.2) is 17.6 Å². The van der Waals surface area contributed by atoms with Crippen molar-refractivity contribution in [3.63, 3.8) is 0 Å². The van der Waals surface area contributed by atoms with Gasteiger partial charge < -0.3 is 9.47 Å². The molecule has 0 saturated carbocycles. The van der Waals surface area contributed by atoms with E-state index in [9.17, 15) is 4.79 Å². The predicted molar refractivity (Wildman–Crippen MR) is 70.3 cm³/mol. The molecule has 0 fully saturated rings. The number of rotatable bonds is 2. The number of halogens is 1. The van der Waals surface area contributed by atoms with Crippen LogP contribution in [0, 0.1) is 0 Å². The number of fused-ring (bicyclic) bond motifs is 1. The second-order valence-corrected chi connectivity index (χ2v) is 4.92. The van der Waals surface area contributed by atoms with Gasteiger partial charge in [-0.05, 0) is 12.1 Å². The molecule has 1 aromatic carbocycles. The van der Waals surface area contributed by atoms with Crippen molar-refractivity contribution >= 4 is 34.0 Å². The number of anilines is 1. The Balaban J connectivity index is 1.88. The van der Waals surface area contributed by atoms with E-state index < -0.39 is 0 Å². The largest absolute Gasteiger partial charge is 0.486 e. The van der Waals surface area contributed by atoms with E-state index in [1.54, 1.807) is 6.07 Å². The van der Waals surface area contributed by atoms with Crippen molar-refractivity contribution in [2.45, 2.75) is 0 Å². The average Bonchev–Trinajstić information content (AvgIpc) is 2.91. The maximum atomic E-state index is 12.0. The van der Waals surface area contributed by atoms with Crippen molar-refractivity contribution in [1.82, 2.24) is 10.2 Å². The minimum absolute atomic E-state index is 0.323. The lowest BCUT2D eigenvalue weighted by Gasteiger charge is -2.20. The lowest BCUT2D eigenvalue weighted by Crippen LogP contribution is -2.17. The third-order valence-electron chi connectivity index (χ3n) is 2.44. The molecule has 0 spiro atoms. The summed E-state index contributed by atoms with van der Waals surface area (Å²) in [5.41, 5.74) is 1.91. The van der Waals surface area contributed by atoms with Crippen LogP contribution in [0.1, 0.15) is 10.4 Å². The monoisotopic (exact) mass is 297 g/mol. The van der Waals surface area contributed by atoms with Crippen LogP contribution < -0.4 is 14.8 Å². The second-order valence-electron chi connectivity index (χ2n) is 3.68. The van der Waals surface area contributed by atoms with E-state index >= 15 is 0 Å². The number of aromatic nitrogens is 2. The molecule has 0 bridgehead atoms. The number of hydrogen-bond acceptors (Lipinski definition) is 6. The molecule has 0 aliphatic carbocycles. The molecule has 1 aromatic heterocycles. The first-order chi connectivity index (χ1) is 9.24. The van der Waals surface area contributed by atoms with Gasteiger partial charge in [0.15, 0.2) is 11.5 Å². The summed E-state index contributed by atoms with van der Waals surface area (Å²) in [5.74, 6) is 0.622. The normalized spacial score (nSPS) is 13.1. The number of carbonyl (C=O) groups excluding carboxylic acids is 1. The van der Waals surface area contributed by atoms with Crippen LogP contribution in [0.4, 0.5) is 5.13 Å². The molecule has 1 N–H and O–H groups in total. The molecule has 8 heteroatoms. The molecule has 1 aliphatic rings. The van der Waals surface area contributed by atoms with Crippen LogP contribution in [0.5, 0.6) is 11.5 Å². The van der Waals surface area contributed by atoms with Crippen molar-refractivity contribution in [2.24, 2.45) is 0 Å². The standard InChI is InChI=1S/C11H8ClN3O3S/c12-7-3-6(4-8-9(7)18-2-1-17-8)10(16)14-11-15-13-5-19-11/h3-5H,1-2H2,(H,14,15,16). The molecule has 19 heavy (non-hydrogen) atoms. The molecule has 0 saturated heterocycles. The van der Waals surface area contributed by atoms with Crippen LogP contribution in [0.3, 0.4) is 0 Å². The summed E-state index contributed by atoms with van der Waals surface area (Å²) in [4.78, 5) is 12.0. The third kappa shape index (κ3) is 2.47. The van der Waals surface area contributed by atoms with Crippen LogP contribution >= 0.6 is 22.9 Å². The molecular formula is C11H8ClN3O3S. The van der Waals surface area contributed by atoms with Crippen LogP contribution in [0.25, 0.3) is 0 Å². The minimum Gasteiger partial charge on any atom is -0.486 e. The number of nitrogens with one attached hydrogen (secondary N) is 1. The van der Waals surface area contributed by atoms with Crippen molar-refractivity contribution in [1.29, 1.82) is 0 Å². The molecule has 3 rings (SSSR count). The van der Waals surface area contributed by atoms with E-state index in [1.807, 2.05) is 0 Å². The Hall–Kier alpha value is -1.86. The highest BCUT2D eigenvalue weighted by atomic mass is 35.5. The Bertz CT molecular complexity index is 618. The fourth-order valence-corrected chi connectivity index (χ4v) is 2.34. The van der Waals surface area contributed by atoms with Crippen LogP contribution in [-0.2, 0) is 0 Å². The first-order valence-corrected chi connectivity index (χ1v) is 6.66. The SMILES string of the molecule is O=C(Nc1nncs1)c1cc(Cl)c2c(c1)OCCO2. The highest BCUT2D eigenvalue weighted by Gasteiger charge is 2.19.